The Balaban J connectivity index is 1.51. The molecule has 0 aliphatic heterocycles. The summed E-state index contributed by atoms with van der Waals surface area (Å²) in [5, 5.41) is 15.8. The van der Waals surface area contributed by atoms with Crippen molar-refractivity contribution in [3.63, 3.8) is 0 Å². The van der Waals surface area contributed by atoms with Crippen molar-refractivity contribution in [2.75, 3.05) is 5.75 Å². The van der Waals surface area contributed by atoms with Crippen LogP contribution in [0.3, 0.4) is 0 Å². The molecule has 1 heterocycles. The van der Waals surface area contributed by atoms with Crippen molar-refractivity contribution >= 4 is 34.9 Å². The maximum atomic E-state index is 11.8. The Morgan fingerprint density at radius 2 is 2.17 bits per heavy atom. The third kappa shape index (κ3) is 4.10. The summed E-state index contributed by atoms with van der Waals surface area (Å²) < 4.78 is 0. The number of para-hydroxylation sites is 2. The van der Waals surface area contributed by atoms with Gasteiger partial charge in [0.15, 0.2) is 11.0 Å². The van der Waals surface area contributed by atoms with Gasteiger partial charge < -0.3 is 5.11 Å². The molecule has 7 heteroatoms. The number of hydrogen-bond acceptors (Lipinski definition) is 4. The van der Waals surface area contributed by atoms with E-state index in [1.165, 1.54) is 30.1 Å². The Morgan fingerprint density at radius 1 is 1.30 bits per heavy atom. The van der Waals surface area contributed by atoms with Gasteiger partial charge >= 0.3 is 5.16 Å². The molecular formula is C16H14N4O2S. The minimum atomic E-state index is -0.225. The number of rotatable bonds is 5. The third-order valence-electron chi connectivity index (χ3n) is 3.03. The molecule has 1 amide bonds. The molecule has 3 aromatic rings. The lowest BCUT2D eigenvalue weighted by Crippen LogP contribution is -2.20. The van der Waals surface area contributed by atoms with Gasteiger partial charge in [-0.25, -0.2) is 15.4 Å². The van der Waals surface area contributed by atoms with Crippen molar-refractivity contribution in [3.05, 3.63) is 54.1 Å². The Kier molecular flexibility index (Phi) is 4.58. The maximum Gasteiger partial charge on any atom is 0.315 e. The van der Waals surface area contributed by atoms with Gasteiger partial charge in [0.25, 0.3) is 5.91 Å². The van der Waals surface area contributed by atoms with E-state index in [-0.39, 0.29) is 17.4 Å². The number of carbonyl (C=O) groups is 1. The summed E-state index contributed by atoms with van der Waals surface area (Å²) in [7, 11) is 0. The molecule has 0 aliphatic rings. The predicted octanol–water partition coefficient (Wildman–Crippen LogP) is 1.30. The molecule has 23 heavy (non-hydrogen) atoms. The highest BCUT2D eigenvalue weighted by Gasteiger charge is 2.11. The summed E-state index contributed by atoms with van der Waals surface area (Å²) in [6.45, 7) is 0. The summed E-state index contributed by atoms with van der Waals surface area (Å²) in [6, 6.07) is 14.1. The normalized spacial score (nSPS) is 11.1. The Morgan fingerprint density at radius 3 is 3.00 bits per heavy atom. The van der Waals surface area contributed by atoms with Crippen molar-refractivity contribution < 1.29 is 14.9 Å². The zero-order valence-corrected chi connectivity index (χ0v) is 12.9. The molecule has 0 saturated carbocycles. The van der Waals surface area contributed by atoms with Gasteiger partial charge in [0.2, 0.25) is 0 Å². The van der Waals surface area contributed by atoms with Gasteiger partial charge in [-0.2, -0.15) is 5.10 Å². The van der Waals surface area contributed by atoms with E-state index in [2.05, 4.69) is 20.5 Å². The fourth-order valence-corrected chi connectivity index (χ4v) is 2.70. The van der Waals surface area contributed by atoms with Crippen molar-refractivity contribution in [2.24, 2.45) is 5.10 Å². The molecule has 3 rings (SSSR count). The summed E-state index contributed by atoms with van der Waals surface area (Å²) in [4.78, 5) is 18.1. The zero-order valence-electron chi connectivity index (χ0n) is 12.1. The number of aromatic amines is 2. The fourth-order valence-electron chi connectivity index (χ4n) is 1.99. The Labute approximate surface area is 136 Å². The molecule has 0 fully saturated rings. The summed E-state index contributed by atoms with van der Waals surface area (Å²) in [6.07, 6.45) is 1.44. The number of H-pyrrole nitrogens is 2. The molecule has 2 aromatic carbocycles. The fraction of sp³-hybridized carbons (Fsp3) is 0.0625. The summed E-state index contributed by atoms with van der Waals surface area (Å²) in [5.74, 6) is -0.0933. The van der Waals surface area contributed by atoms with Crippen LogP contribution in [0.1, 0.15) is 5.56 Å². The molecule has 0 bridgehead atoms. The molecule has 0 saturated heterocycles. The molecule has 0 unspecified atom stereocenters. The van der Waals surface area contributed by atoms with E-state index in [1.807, 2.05) is 24.3 Å². The van der Waals surface area contributed by atoms with E-state index >= 15 is 0 Å². The number of benzene rings is 2. The van der Waals surface area contributed by atoms with E-state index in [4.69, 9.17) is 0 Å². The van der Waals surface area contributed by atoms with Crippen LogP contribution in [0.15, 0.2) is 58.8 Å². The number of hydrogen-bond donors (Lipinski definition) is 2. The predicted molar refractivity (Wildman–Crippen MR) is 87.2 cm³/mol. The zero-order chi connectivity index (χ0) is 16.1. The van der Waals surface area contributed by atoms with Gasteiger partial charge in [-0.15, -0.1) is 5.75 Å². The number of carbonyl (C=O) groups excluding carboxylic acids is 1. The quantitative estimate of drug-likeness (QED) is 0.420. The largest absolute Gasteiger partial charge is 0.872 e. The molecule has 6 nitrogen and oxygen atoms in total. The van der Waals surface area contributed by atoms with Crippen LogP contribution in [0.2, 0.25) is 0 Å². The van der Waals surface area contributed by atoms with E-state index in [0.717, 1.165) is 16.2 Å². The molecule has 0 radical (unpaired) electrons. The molecule has 0 spiro atoms. The average molecular weight is 326 g/mol. The van der Waals surface area contributed by atoms with E-state index in [9.17, 15) is 9.90 Å². The highest BCUT2D eigenvalue weighted by Crippen LogP contribution is 2.14. The number of fused-ring (bicyclic) bond motifs is 1. The first-order valence-corrected chi connectivity index (χ1v) is 7.91. The smallest absolute Gasteiger partial charge is 0.315 e. The van der Waals surface area contributed by atoms with E-state index in [0.29, 0.717) is 5.56 Å². The molecule has 3 N–H and O–H groups in total. The Hall–Kier alpha value is -2.80. The summed E-state index contributed by atoms with van der Waals surface area (Å²) in [5.41, 5.74) is 5.07. The molecular weight excluding hydrogens is 312 g/mol. The Bertz CT molecular complexity index is 827. The van der Waals surface area contributed by atoms with E-state index < -0.39 is 0 Å². The van der Waals surface area contributed by atoms with Gasteiger partial charge in [0.1, 0.15) is 0 Å². The number of aromatic nitrogens is 2. The first-order chi connectivity index (χ1) is 11.2. The third-order valence-corrected chi connectivity index (χ3v) is 3.93. The van der Waals surface area contributed by atoms with Crippen LogP contribution < -0.4 is 15.5 Å². The molecule has 0 atom stereocenters. The maximum absolute atomic E-state index is 11.8. The number of imidazole rings is 1. The van der Waals surface area contributed by atoms with Crippen LogP contribution in [0.4, 0.5) is 0 Å². The van der Waals surface area contributed by atoms with Crippen molar-refractivity contribution in [2.45, 2.75) is 5.16 Å². The van der Waals surface area contributed by atoms with Crippen molar-refractivity contribution in [1.82, 2.24) is 10.4 Å². The van der Waals surface area contributed by atoms with Crippen LogP contribution in [-0.2, 0) is 4.79 Å². The van der Waals surface area contributed by atoms with Gasteiger partial charge in [-0.3, -0.25) is 4.79 Å². The number of amides is 1. The van der Waals surface area contributed by atoms with E-state index in [1.54, 1.807) is 12.1 Å². The first kappa shape index (κ1) is 15.1. The van der Waals surface area contributed by atoms with Crippen molar-refractivity contribution in [3.8, 4) is 5.75 Å². The van der Waals surface area contributed by atoms with Crippen LogP contribution >= 0.6 is 11.8 Å². The standard InChI is InChI=1S/C16H14N4O2S/c21-12-5-3-4-11(8-12)9-17-20-15(22)10-23-16-18-13-6-1-2-7-14(13)19-16/h1-9,21H,10H2,(H,18,19)(H,20,22)/b17-9+. The van der Waals surface area contributed by atoms with Crippen LogP contribution in [0, 0.1) is 0 Å². The number of hydrazone groups is 1. The topological polar surface area (TPSA) is 94.5 Å². The average Bonchev–Trinajstić information content (AvgIpc) is 2.96. The molecule has 116 valence electrons. The minimum Gasteiger partial charge on any atom is -0.872 e. The second-order valence-electron chi connectivity index (χ2n) is 4.78. The minimum absolute atomic E-state index is 0.0924. The van der Waals surface area contributed by atoms with Gasteiger partial charge in [-0.1, -0.05) is 36.4 Å². The lowest BCUT2D eigenvalue weighted by Gasteiger charge is -2.03. The SMILES string of the molecule is O=C(CSc1[nH]c2ccccc2[nH+]1)N/N=C/c1cccc([O-])c1. The van der Waals surface area contributed by atoms with Crippen LogP contribution in [-0.4, -0.2) is 22.9 Å². The molecule has 1 aromatic heterocycles. The lowest BCUT2D eigenvalue weighted by molar-refractivity contribution is -0.396. The second-order valence-corrected chi connectivity index (χ2v) is 5.76. The van der Waals surface area contributed by atoms with Gasteiger partial charge in [0.05, 0.1) is 12.0 Å². The summed E-state index contributed by atoms with van der Waals surface area (Å²) >= 11 is 1.36. The van der Waals surface area contributed by atoms with Crippen molar-refractivity contribution in [1.29, 1.82) is 0 Å². The lowest BCUT2D eigenvalue weighted by atomic mass is 10.2. The highest BCUT2D eigenvalue weighted by atomic mass is 32.2. The monoisotopic (exact) mass is 326 g/mol. The number of nitrogens with one attached hydrogen (secondary N) is 3. The van der Waals surface area contributed by atoms with Gasteiger partial charge in [0, 0.05) is 0 Å². The van der Waals surface area contributed by atoms with Gasteiger partial charge in [-0.05, 0) is 29.5 Å². The highest BCUT2D eigenvalue weighted by molar-refractivity contribution is 7.99. The van der Waals surface area contributed by atoms with Crippen LogP contribution in [0.5, 0.6) is 5.75 Å². The van der Waals surface area contributed by atoms with Crippen LogP contribution in [0.25, 0.3) is 11.0 Å². The first-order valence-electron chi connectivity index (χ1n) is 6.92. The molecule has 0 aliphatic carbocycles. The second kappa shape index (κ2) is 6.97. The number of thioether (sulfide) groups is 1. The number of nitrogens with zero attached hydrogens (tertiary/aromatic N) is 1.